The van der Waals surface area contributed by atoms with Gasteiger partial charge in [0.25, 0.3) is 20.9 Å². The summed E-state index contributed by atoms with van der Waals surface area (Å²) in [4.78, 5) is 8.57. The highest BCUT2D eigenvalue weighted by Gasteiger charge is 2.31. The molecule has 0 amide bonds. The zero-order valence-electron chi connectivity index (χ0n) is 15.1. The van der Waals surface area contributed by atoms with E-state index in [-0.39, 0.29) is 44.1 Å². The van der Waals surface area contributed by atoms with Gasteiger partial charge in [0.15, 0.2) is 0 Å². The van der Waals surface area contributed by atoms with Crippen LogP contribution in [0, 0.1) is 12.8 Å². The minimum Gasteiger partial charge on any atom is -0.475 e. The third kappa shape index (κ3) is 3.71. The molecule has 0 saturated heterocycles. The summed E-state index contributed by atoms with van der Waals surface area (Å²) in [5.41, 5.74) is 0.648. The molecule has 27 heavy (non-hydrogen) atoms. The van der Waals surface area contributed by atoms with Gasteiger partial charge in [-0.3, -0.25) is 0 Å². The van der Waals surface area contributed by atoms with Gasteiger partial charge in [-0.2, -0.15) is 0 Å². The van der Waals surface area contributed by atoms with Crippen molar-refractivity contribution in [2.24, 2.45) is 13.0 Å². The molecule has 144 valence electrons. The van der Waals surface area contributed by atoms with E-state index in [9.17, 15) is 8.42 Å². The molecule has 0 aliphatic carbocycles. The molecule has 0 bridgehead atoms. The molecular formula is C16H17Cl2N5O3S. The van der Waals surface area contributed by atoms with Crippen LogP contribution < -0.4 is 4.74 Å². The first-order valence-electron chi connectivity index (χ1n) is 8.02. The van der Waals surface area contributed by atoms with Crippen LogP contribution in [0.4, 0.5) is 0 Å². The van der Waals surface area contributed by atoms with Crippen molar-refractivity contribution in [2.75, 3.05) is 6.61 Å². The van der Waals surface area contributed by atoms with Gasteiger partial charge in [0, 0.05) is 7.05 Å². The molecule has 0 aliphatic heterocycles. The van der Waals surface area contributed by atoms with E-state index in [1.165, 1.54) is 16.7 Å². The van der Waals surface area contributed by atoms with E-state index in [4.69, 9.17) is 27.9 Å². The van der Waals surface area contributed by atoms with Crippen molar-refractivity contribution in [3.8, 4) is 5.88 Å². The van der Waals surface area contributed by atoms with Crippen molar-refractivity contribution in [2.45, 2.75) is 31.0 Å². The summed E-state index contributed by atoms with van der Waals surface area (Å²) in [6.07, 6.45) is 0. The summed E-state index contributed by atoms with van der Waals surface area (Å²) < 4.78 is 33.3. The maximum absolute atomic E-state index is 13.2. The van der Waals surface area contributed by atoms with E-state index >= 15 is 0 Å². The molecule has 3 rings (SSSR count). The van der Waals surface area contributed by atoms with Gasteiger partial charge in [-0.15, -0.1) is 10.2 Å². The molecule has 0 N–H and O–H groups in total. The molecule has 0 unspecified atom stereocenters. The SMILES string of the molecule is Cc1nnc(S(=O)(=O)c2nc3cc(Cl)c(Cl)cc3nc2OCC(C)C)n1C. The zero-order valence-corrected chi connectivity index (χ0v) is 17.4. The van der Waals surface area contributed by atoms with Gasteiger partial charge in [0.1, 0.15) is 5.82 Å². The molecule has 0 radical (unpaired) electrons. The highest BCUT2D eigenvalue weighted by atomic mass is 35.5. The number of aryl methyl sites for hydroxylation is 1. The molecule has 11 heteroatoms. The van der Waals surface area contributed by atoms with Crippen LogP contribution in [-0.2, 0) is 16.9 Å². The Balaban J connectivity index is 2.26. The summed E-state index contributed by atoms with van der Waals surface area (Å²) in [6.45, 7) is 5.79. The lowest BCUT2D eigenvalue weighted by atomic mass is 10.2. The maximum Gasteiger partial charge on any atom is 0.264 e. The Morgan fingerprint density at radius 1 is 1.11 bits per heavy atom. The quantitative estimate of drug-likeness (QED) is 0.613. The smallest absolute Gasteiger partial charge is 0.264 e. The topological polar surface area (TPSA) is 99.9 Å². The van der Waals surface area contributed by atoms with Crippen LogP contribution in [-0.4, -0.2) is 39.8 Å². The van der Waals surface area contributed by atoms with Gasteiger partial charge in [-0.05, 0) is 25.0 Å². The van der Waals surface area contributed by atoms with Crippen LogP contribution in [0.5, 0.6) is 5.88 Å². The standard InChI is InChI=1S/C16H17Cl2N5O3S/c1-8(2)7-26-14-15(27(24,25)16-22-21-9(3)23(16)4)20-13-6-11(18)10(17)5-12(13)19-14/h5-6,8H,7H2,1-4H3. The lowest BCUT2D eigenvalue weighted by molar-refractivity contribution is 0.253. The second-order valence-electron chi connectivity index (χ2n) is 6.39. The third-order valence-electron chi connectivity index (χ3n) is 3.75. The van der Waals surface area contributed by atoms with E-state index in [1.54, 1.807) is 14.0 Å². The largest absolute Gasteiger partial charge is 0.475 e. The van der Waals surface area contributed by atoms with Crippen molar-refractivity contribution < 1.29 is 13.2 Å². The third-order valence-corrected chi connectivity index (χ3v) is 6.08. The Bertz CT molecular complexity index is 1130. The summed E-state index contributed by atoms with van der Waals surface area (Å²) in [7, 11) is -2.57. The lowest BCUT2D eigenvalue weighted by Gasteiger charge is -2.13. The minimum absolute atomic E-state index is 0.116. The normalized spacial score (nSPS) is 12.1. The highest BCUT2D eigenvalue weighted by molar-refractivity contribution is 7.91. The number of halogens is 2. The first kappa shape index (κ1) is 19.8. The maximum atomic E-state index is 13.2. The number of rotatable bonds is 5. The Morgan fingerprint density at radius 3 is 2.22 bits per heavy atom. The molecule has 2 aromatic heterocycles. The molecule has 3 aromatic rings. The fourth-order valence-electron chi connectivity index (χ4n) is 2.24. The van der Waals surface area contributed by atoms with E-state index in [0.717, 1.165) is 0 Å². The van der Waals surface area contributed by atoms with E-state index in [0.29, 0.717) is 11.3 Å². The van der Waals surface area contributed by atoms with Gasteiger partial charge in [0.05, 0.1) is 27.7 Å². The van der Waals surface area contributed by atoms with Crippen LogP contribution in [0.3, 0.4) is 0 Å². The summed E-state index contributed by atoms with van der Waals surface area (Å²) in [5.74, 6) is 0.487. The number of fused-ring (bicyclic) bond motifs is 1. The average molecular weight is 430 g/mol. The number of hydrogen-bond donors (Lipinski definition) is 0. The summed E-state index contributed by atoms with van der Waals surface area (Å²) in [5, 5.41) is 7.51. The van der Waals surface area contributed by atoms with Crippen molar-refractivity contribution in [3.05, 3.63) is 28.0 Å². The Morgan fingerprint density at radius 2 is 1.70 bits per heavy atom. The lowest BCUT2D eigenvalue weighted by Crippen LogP contribution is -2.15. The van der Waals surface area contributed by atoms with Crippen LogP contribution in [0.25, 0.3) is 11.0 Å². The van der Waals surface area contributed by atoms with Gasteiger partial charge in [0.2, 0.25) is 5.03 Å². The van der Waals surface area contributed by atoms with E-state index in [2.05, 4.69) is 20.2 Å². The Hall–Kier alpha value is -1.97. The van der Waals surface area contributed by atoms with Crippen LogP contribution in [0.15, 0.2) is 22.3 Å². The highest BCUT2D eigenvalue weighted by Crippen LogP contribution is 2.31. The summed E-state index contributed by atoms with van der Waals surface area (Å²) >= 11 is 12.1. The number of ether oxygens (including phenoxy) is 1. The molecule has 1 aromatic carbocycles. The first-order chi connectivity index (χ1) is 12.6. The fraction of sp³-hybridized carbons (Fsp3) is 0.375. The van der Waals surface area contributed by atoms with Gasteiger partial charge in [-0.1, -0.05) is 37.0 Å². The van der Waals surface area contributed by atoms with E-state index < -0.39 is 9.84 Å². The predicted octanol–water partition coefficient (Wildman–Crippen LogP) is 3.24. The molecule has 0 atom stereocenters. The molecule has 0 saturated carbocycles. The molecule has 0 fully saturated rings. The van der Waals surface area contributed by atoms with E-state index in [1.807, 2.05) is 13.8 Å². The second kappa shape index (κ2) is 7.21. The van der Waals surface area contributed by atoms with Crippen molar-refractivity contribution in [3.63, 3.8) is 0 Å². The molecule has 8 nitrogen and oxygen atoms in total. The monoisotopic (exact) mass is 429 g/mol. The number of aromatic nitrogens is 5. The number of nitrogens with zero attached hydrogens (tertiary/aromatic N) is 5. The Kier molecular flexibility index (Phi) is 5.29. The first-order valence-corrected chi connectivity index (χ1v) is 10.3. The molecule has 0 spiro atoms. The second-order valence-corrected chi connectivity index (χ2v) is 8.96. The average Bonchev–Trinajstić information content (AvgIpc) is 2.93. The minimum atomic E-state index is -4.13. The molecular weight excluding hydrogens is 413 g/mol. The van der Waals surface area contributed by atoms with Gasteiger partial charge in [-0.25, -0.2) is 18.4 Å². The summed E-state index contributed by atoms with van der Waals surface area (Å²) in [6, 6.07) is 2.97. The molecule has 0 aliphatic rings. The number of sulfone groups is 1. The zero-order chi connectivity index (χ0) is 19.9. The predicted molar refractivity (Wildman–Crippen MR) is 101 cm³/mol. The van der Waals surface area contributed by atoms with Crippen LogP contribution in [0.1, 0.15) is 19.7 Å². The Labute approximate surface area is 166 Å². The van der Waals surface area contributed by atoms with Gasteiger partial charge >= 0.3 is 0 Å². The fourth-order valence-corrected chi connectivity index (χ4v) is 3.92. The number of hydrogen-bond acceptors (Lipinski definition) is 7. The van der Waals surface area contributed by atoms with Crippen LogP contribution in [0.2, 0.25) is 10.0 Å². The number of benzene rings is 1. The van der Waals surface area contributed by atoms with Crippen LogP contribution >= 0.6 is 23.2 Å². The van der Waals surface area contributed by atoms with Crippen molar-refractivity contribution in [1.82, 2.24) is 24.7 Å². The van der Waals surface area contributed by atoms with Crippen molar-refractivity contribution in [1.29, 1.82) is 0 Å². The molecule has 2 heterocycles. The van der Waals surface area contributed by atoms with Crippen molar-refractivity contribution >= 4 is 44.1 Å². The van der Waals surface area contributed by atoms with Gasteiger partial charge < -0.3 is 9.30 Å².